The Labute approximate surface area is 187 Å². The van der Waals surface area contributed by atoms with E-state index in [4.69, 9.17) is 0 Å². The number of nitrogens with one attached hydrogen (secondary N) is 1. The van der Waals surface area contributed by atoms with Crippen LogP contribution in [0, 0.1) is 5.92 Å². The number of thioether (sulfide) groups is 1. The fourth-order valence-corrected chi connectivity index (χ4v) is 6.33. The molecule has 2 aliphatic heterocycles. The molecule has 2 saturated heterocycles. The summed E-state index contributed by atoms with van der Waals surface area (Å²) in [5.74, 6) is 1.55. The minimum Gasteiger partial charge on any atom is -0.342 e. The molecule has 0 aliphatic carbocycles. The van der Waals surface area contributed by atoms with Crippen molar-refractivity contribution in [3.63, 3.8) is 0 Å². The van der Waals surface area contributed by atoms with Gasteiger partial charge in [0, 0.05) is 31.7 Å². The van der Waals surface area contributed by atoms with Gasteiger partial charge in [-0.2, -0.15) is 4.31 Å². The first-order chi connectivity index (χ1) is 14.9. The van der Waals surface area contributed by atoms with Crippen LogP contribution in [0.3, 0.4) is 0 Å². The number of hydrogen-bond donors (Lipinski definition) is 1. The topological polar surface area (TPSA) is 99.3 Å². The summed E-state index contributed by atoms with van der Waals surface area (Å²) in [5, 5.41) is 7.60. The number of aromatic amines is 1. The first-order valence-electron chi connectivity index (χ1n) is 10.9. The highest BCUT2D eigenvalue weighted by atomic mass is 32.2. The molecule has 4 rings (SSSR count). The molecule has 0 bridgehead atoms. The Morgan fingerprint density at radius 3 is 2.58 bits per heavy atom. The lowest BCUT2D eigenvalue weighted by Gasteiger charge is -2.30. The zero-order valence-electron chi connectivity index (χ0n) is 17.8. The average Bonchev–Trinajstić information content (AvgIpc) is 3.27. The molecule has 1 aromatic heterocycles. The normalized spacial score (nSPS) is 20.7. The third-order valence-corrected chi connectivity index (χ3v) is 8.62. The number of hydrogen-bond acceptors (Lipinski definition) is 6. The van der Waals surface area contributed by atoms with Crippen LogP contribution in [-0.2, 0) is 14.8 Å². The number of carbonyl (C=O) groups excluding carboxylic acids is 1. The molecule has 0 radical (unpaired) electrons. The summed E-state index contributed by atoms with van der Waals surface area (Å²) < 4.78 is 27.1. The number of amides is 1. The Morgan fingerprint density at radius 2 is 1.87 bits per heavy atom. The SMILES string of the molecule is CC1CCCN(C(=O)CSc2n[nH]c(-c3ccc(S(=O)(=O)N4CCCCC4)cc3)n2)C1. The van der Waals surface area contributed by atoms with Crippen molar-refractivity contribution in [2.45, 2.75) is 49.1 Å². The minimum absolute atomic E-state index is 0.121. The van der Waals surface area contributed by atoms with Gasteiger partial charge >= 0.3 is 0 Å². The van der Waals surface area contributed by atoms with Crippen LogP contribution in [0.2, 0.25) is 0 Å². The van der Waals surface area contributed by atoms with E-state index in [1.807, 2.05) is 4.90 Å². The summed E-state index contributed by atoms with van der Waals surface area (Å²) >= 11 is 1.32. The van der Waals surface area contributed by atoms with Crippen molar-refractivity contribution in [2.24, 2.45) is 5.92 Å². The summed E-state index contributed by atoms with van der Waals surface area (Å²) in [5.41, 5.74) is 0.758. The number of nitrogens with zero attached hydrogens (tertiary/aromatic N) is 4. The first-order valence-corrected chi connectivity index (χ1v) is 13.3. The predicted octanol–water partition coefficient (Wildman–Crippen LogP) is 3.00. The van der Waals surface area contributed by atoms with Crippen molar-refractivity contribution in [3.8, 4) is 11.4 Å². The Morgan fingerprint density at radius 1 is 1.13 bits per heavy atom. The molecule has 2 aliphatic rings. The molecule has 31 heavy (non-hydrogen) atoms. The van der Waals surface area contributed by atoms with Gasteiger partial charge in [-0.25, -0.2) is 13.4 Å². The lowest BCUT2D eigenvalue weighted by Crippen LogP contribution is -2.40. The van der Waals surface area contributed by atoms with Crippen LogP contribution in [0.4, 0.5) is 0 Å². The van der Waals surface area contributed by atoms with Gasteiger partial charge in [-0.15, -0.1) is 5.10 Å². The number of piperidine rings is 2. The first kappa shape index (κ1) is 22.3. The zero-order valence-corrected chi connectivity index (χ0v) is 19.4. The van der Waals surface area contributed by atoms with Crippen LogP contribution >= 0.6 is 11.8 Å². The van der Waals surface area contributed by atoms with Gasteiger partial charge in [0.25, 0.3) is 0 Å². The second-order valence-electron chi connectivity index (χ2n) is 8.33. The second-order valence-corrected chi connectivity index (χ2v) is 11.2. The van der Waals surface area contributed by atoms with Crippen molar-refractivity contribution < 1.29 is 13.2 Å². The van der Waals surface area contributed by atoms with Crippen LogP contribution in [0.5, 0.6) is 0 Å². The maximum Gasteiger partial charge on any atom is 0.243 e. The van der Waals surface area contributed by atoms with E-state index in [1.165, 1.54) is 18.2 Å². The van der Waals surface area contributed by atoms with Gasteiger partial charge in [0.15, 0.2) is 5.82 Å². The van der Waals surface area contributed by atoms with E-state index in [9.17, 15) is 13.2 Å². The van der Waals surface area contributed by atoms with Gasteiger partial charge in [0.2, 0.25) is 21.1 Å². The number of carbonyl (C=O) groups is 1. The van der Waals surface area contributed by atoms with E-state index >= 15 is 0 Å². The molecule has 0 saturated carbocycles. The van der Waals surface area contributed by atoms with Crippen LogP contribution < -0.4 is 0 Å². The molecule has 1 N–H and O–H groups in total. The largest absolute Gasteiger partial charge is 0.342 e. The Kier molecular flexibility index (Phi) is 6.98. The van der Waals surface area contributed by atoms with Gasteiger partial charge in [0.05, 0.1) is 10.6 Å². The molecule has 0 spiro atoms. The minimum atomic E-state index is -3.45. The van der Waals surface area contributed by atoms with Gasteiger partial charge in [-0.3, -0.25) is 9.89 Å². The third kappa shape index (κ3) is 5.30. The molecular weight excluding hydrogens is 434 g/mol. The van der Waals surface area contributed by atoms with Crippen molar-refractivity contribution in [2.75, 3.05) is 31.9 Å². The van der Waals surface area contributed by atoms with Crippen molar-refractivity contribution >= 4 is 27.7 Å². The van der Waals surface area contributed by atoms with Crippen LogP contribution in [0.25, 0.3) is 11.4 Å². The highest BCUT2D eigenvalue weighted by molar-refractivity contribution is 7.99. The molecule has 8 nitrogen and oxygen atoms in total. The summed E-state index contributed by atoms with van der Waals surface area (Å²) in [7, 11) is -3.45. The summed E-state index contributed by atoms with van der Waals surface area (Å²) in [4.78, 5) is 19.1. The maximum absolute atomic E-state index is 12.8. The van der Waals surface area contributed by atoms with Crippen LogP contribution in [0.15, 0.2) is 34.3 Å². The standard InChI is InChI=1S/C21H29N5O3S2/c1-16-6-5-11-25(14-16)19(27)15-30-21-22-20(23-24-21)17-7-9-18(10-8-17)31(28,29)26-12-3-2-4-13-26/h7-10,16H,2-6,11-15H2,1H3,(H,22,23,24). The average molecular weight is 464 g/mol. The molecule has 1 unspecified atom stereocenters. The zero-order chi connectivity index (χ0) is 21.8. The number of sulfonamides is 1. The molecule has 10 heteroatoms. The summed E-state index contributed by atoms with van der Waals surface area (Å²) in [6.07, 6.45) is 5.15. The number of rotatable bonds is 6. The van der Waals surface area contributed by atoms with Crippen LogP contribution in [0.1, 0.15) is 39.0 Å². The van der Waals surface area contributed by atoms with E-state index in [1.54, 1.807) is 28.6 Å². The van der Waals surface area contributed by atoms with Crippen molar-refractivity contribution in [1.29, 1.82) is 0 Å². The van der Waals surface area contributed by atoms with E-state index in [-0.39, 0.29) is 5.91 Å². The monoisotopic (exact) mass is 463 g/mol. The maximum atomic E-state index is 12.8. The molecule has 3 heterocycles. The van der Waals surface area contributed by atoms with E-state index < -0.39 is 10.0 Å². The van der Waals surface area contributed by atoms with Gasteiger partial charge in [-0.1, -0.05) is 25.1 Å². The van der Waals surface area contributed by atoms with Gasteiger partial charge in [-0.05, 0) is 55.9 Å². The fraction of sp³-hybridized carbons (Fsp3) is 0.571. The highest BCUT2D eigenvalue weighted by Gasteiger charge is 2.26. The number of likely N-dealkylation sites (tertiary alicyclic amines) is 1. The van der Waals surface area contributed by atoms with E-state index in [0.29, 0.717) is 40.6 Å². The van der Waals surface area contributed by atoms with Crippen molar-refractivity contribution in [1.82, 2.24) is 24.4 Å². The van der Waals surface area contributed by atoms with E-state index in [2.05, 4.69) is 22.1 Å². The number of benzene rings is 1. The molecular formula is C21H29N5O3S2. The summed E-state index contributed by atoms with van der Waals surface area (Å²) in [6, 6.07) is 6.73. The Hall–Kier alpha value is -1.91. The molecule has 2 aromatic rings. The van der Waals surface area contributed by atoms with Crippen LogP contribution in [-0.4, -0.2) is 70.6 Å². The third-order valence-electron chi connectivity index (χ3n) is 5.88. The number of H-pyrrole nitrogens is 1. The molecule has 1 atom stereocenters. The highest BCUT2D eigenvalue weighted by Crippen LogP contribution is 2.25. The number of aromatic nitrogens is 3. The smallest absolute Gasteiger partial charge is 0.243 e. The summed E-state index contributed by atoms with van der Waals surface area (Å²) in [6.45, 7) is 5.00. The molecule has 2 fully saturated rings. The quantitative estimate of drug-likeness (QED) is 0.661. The molecule has 168 valence electrons. The Bertz CT molecular complexity index is 1000. The molecule has 1 amide bonds. The van der Waals surface area contributed by atoms with Crippen molar-refractivity contribution in [3.05, 3.63) is 24.3 Å². The van der Waals surface area contributed by atoms with E-state index in [0.717, 1.165) is 44.3 Å². The van der Waals surface area contributed by atoms with Gasteiger partial charge in [0.1, 0.15) is 0 Å². The lowest BCUT2D eigenvalue weighted by atomic mass is 10.0. The van der Waals surface area contributed by atoms with Gasteiger partial charge < -0.3 is 4.90 Å². The fourth-order valence-electron chi connectivity index (χ4n) is 4.11. The second kappa shape index (κ2) is 9.70. The molecule has 1 aromatic carbocycles. The Balaban J connectivity index is 1.37. The lowest BCUT2D eigenvalue weighted by molar-refractivity contribution is -0.130. The predicted molar refractivity (Wildman–Crippen MR) is 120 cm³/mol.